The molecule has 1 heterocycles. The zero-order chi connectivity index (χ0) is 22.3. The van der Waals surface area contributed by atoms with E-state index in [1.807, 2.05) is 24.3 Å². The molecule has 31 heavy (non-hydrogen) atoms. The van der Waals surface area contributed by atoms with E-state index in [9.17, 15) is 22.0 Å². The van der Waals surface area contributed by atoms with Gasteiger partial charge in [0.2, 0.25) is 15.9 Å². The lowest BCUT2D eigenvalue weighted by atomic mass is 10.1. The van der Waals surface area contributed by atoms with Crippen LogP contribution < -0.4 is 10.0 Å². The smallest absolute Gasteiger partial charge is 0.240 e. The highest BCUT2D eigenvalue weighted by Gasteiger charge is 2.16. The van der Waals surface area contributed by atoms with Gasteiger partial charge in [0.1, 0.15) is 0 Å². The zero-order valence-electron chi connectivity index (χ0n) is 16.9. The number of hydrogen-bond acceptors (Lipinski definition) is 5. The highest BCUT2D eigenvalue weighted by atomic mass is 32.2. The standard InChI is InChI=1S/C21H25F2N3O4S/c22-19-5-4-18(13-20(19)23)31(28,29)25-7-6-21(27)24-14-16-2-1-3-17(12-16)15-26-8-10-30-11-9-26/h1-5,12-13,25H,6-11,14-15H2,(H,24,27). The molecule has 0 bridgehead atoms. The maximum atomic E-state index is 13.2. The number of amides is 1. The second kappa shape index (κ2) is 10.8. The Hall–Kier alpha value is -2.40. The van der Waals surface area contributed by atoms with Crippen molar-refractivity contribution in [2.45, 2.75) is 24.4 Å². The quantitative estimate of drug-likeness (QED) is 0.605. The molecule has 2 N–H and O–H groups in total. The Morgan fingerprint density at radius 2 is 1.77 bits per heavy atom. The van der Waals surface area contributed by atoms with Crippen molar-refractivity contribution < 1.29 is 26.7 Å². The van der Waals surface area contributed by atoms with Gasteiger partial charge in [-0.2, -0.15) is 0 Å². The van der Waals surface area contributed by atoms with Gasteiger partial charge in [-0.25, -0.2) is 21.9 Å². The summed E-state index contributed by atoms with van der Waals surface area (Å²) in [4.78, 5) is 14.0. The van der Waals surface area contributed by atoms with Crippen LogP contribution in [0, 0.1) is 11.6 Å². The van der Waals surface area contributed by atoms with Gasteiger partial charge >= 0.3 is 0 Å². The highest BCUT2D eigenvalue weighted by Crippen LogP contribution is 2.13. The van der Waals surface area contributed by atoms with Gasteiger partial charge in [-0.1, -0.05) is 24.3 Å². The number of carbonyl (C=O) groups excluding carboxylic acids is 1. The first-order valence-corrected chi connectivity index (χ1v) is 11.4. The van der Waals surface area contributed by atoms with Crippen molar-refractivity contribution in [3.8, 4) is 0 Å². The molecule has 0 aliphatic carbocycles. The predicted octanol–water partition coefficient (Wildman–Crippen LogP) is 1.78. The van der Waals surface area contributed by atoms with Crippen molar-refractivity contribution in [2.75, 3.05) is 32.8 Å². The number of halogens is 2. The fraction of sp³-hybridized carbons (Fsp3) is 0.381. The van der Waals surface area contributed by atoms with E-state index in [4.69, 9.17) is 4.74 Å². The van der Waals surface area contributed by atoms with Gasteiger partial charge in [0.15, 0.2) is 11.6 Å². The van der Waals surface area contributed by atoms with Crippen LogP contribution in [-0.2, 0) is 32.6 Å². The average molecular weight is 454 g/mol. The van der Waals surface area contributed by atoms with E-state index >= 15 is 0 Å². The molecule has 7 nitrogen and oxygen atoms in total. The van der Waals surface area contributed by atoms with Gasteiger partial charge in [-0.3, -0.25) is 9.69 Å². The predicted molar refractivity (Wildman–Crippen MR) is 111 cm³/mol. The van der Waals surface area contributed by atoms with Crippen LogP contribution in [-0.4, -0.2) is 52.1 Å². The van der Waals surface area contributed by atoms with E-state index in [0.717, 1.165) is 56.1 Å². The Bertz CT molecular complexity index is 1010. The molecule has 0 unspecified atom stereocenters. The fourth-order valence-electron chi connectivity index (χ4n) is 3.17. The number of carbonyl (C=O) groups is 1. The minimum atomic E-state index is -4.03. The van der Waals surface area contributed by atoms with Gasteiger partial charge in [0, 0.05) is 39.1 Å². The minimum absolute atomic E-state index is 0.0869. The summed E-state index contributed by atoms with van der Waals surface area (Å²) in [5, 5.41) is 2.76. The van der Waals surface area contributed by atoms with Gasteiger partial charge in [-0.15, -0.1) is 0 Å². The molecular formula is C21H25F2N3O4S. The Kier molecular flexibility index (Phi) is 8.08. The summed E-state index contributed by atoms with van der Waals surface area (Å²) in [5.41, 5.74) is 2.09. The van der Waals surface area contributed by atoms with E-state index in [-0.39, 0.29) is 18.9 Å². The number of nitrogens with one attached hydrogen (secondary N) is 2. The number of sulfonamides is 1. The number of benzene rings is 2. The summed E-state index contributed by atoms with van der Waals surface area (Å²) in [6, 6.07) is 10.2. The van der Waals surface area contributed by atoms with Crippen LogP contribution in [0.3, 0.4) is 0 Å². The SMILES string of the molecule is O=C(CCNS(=O)(=O)c1ccc(F)c(F)c1)NCc1cccc(CN2CCOCC2)c1. The van der Waals surface area contributed by atoms with Crippen LogP contribution in [0.25, 0.3) is 0 Å². The number of rotatable bonds is 9. The van der Waals surface area contributed by atoms with Crippen LogP contribution in [0.2, 0.25) is 0 Å². The lowest BCUT2D eigenvalue weighted by molar-refractivity contribution is -0.121. The van der Waals surface area contributed by atoms with Crippen molar-refractivity contribution in [1.29, 1.82) is 0 Å². The molecule has 2 aromatic carbocycles. The summed E-state index contributed by atoms with van der Waals surface area (Å²) >= 11 is 0. The summed E-state index contributed by atoms with van der Waals surface area (Å²) in [6.07, 6.45) is -0.0869. The van der Waals surface area contributed by atoms with Crippen LogP contribution >= 0.6 is 0 Å². The van der Waals surface area contributed by atoms with E-state index in [0.29, 0.717) is 12.6 Å². The highest BCUT2D eigenvalue weighted by molar-refractivity contribution is 7.89. The third kappa shape index (κ3) is 7.06. The molecular weight excluding hydrogens is 428 g/mol. The summed E-state index contributed by atoms with van der Waals surface area (Å²) in [6.45, 7) is 4.22. The van der Waals surface area contributed by atoms with Crippen molar-refractivity contribution in [2.24, 2.45) is 0 Å². The Morgan fingerprint density at radius 3 is 2.52 bits per heavy atom. The first-order valence-electron chi connectivity index (χ1n) is 9.93. The average Bonchev–Trinajstić information content (AvgIpc) is 2.75. The van der Waals surface area contributed by atoms with E-state index in [1.165, 1.54) is 0 Å². The molecule has 0 atom stereocenters. The number of ether oxygens (including phenoxy) is 1. The topological polar surface area (TPSA) is 87.7 Å². The molecule has 1 fully saturated rings. The molecule has 0 spiro atoms. The van der Waals surface area contributed by atoms with Crippen molar-refractivity contribution >= 4 is 15.9 Å². The Labute approximate surface area is 180 Å². The summed E-state index contributed by atoms with van der Waals surface area (Å²) in [5.74, 6) is -2.71. The molecule has 1 saturated heterocycles. The maximum Gasteiger partial charge on any atom is 0.240 e. The van der Waals surface area contributed by atoms with E-state index < -0.39 is 26.6 Å². The maximum absolute atomic E-state index is 13.2. The van der Waals surface area contributed by atoms with Gasteiger partial charge in [0.25, 0.3) is 0 Å². The van der Waals surface area contributed by atoms with Crippen molar-refractivity contribution in [3.05, 3.63) is 65.2 Å². The first kappa shape index (κ1) is 23.3. The zero-order valence-corrected chi connectivity index (χ0v) is 17.8. The number of hydrogen-bond donors (Lipinski definition) is 2. The first-order chi connectivity index (χ1) is 14.8. The second-order valence-electron chi connectivity index (χ2n) is 7.21. The molecule has 2 aromatic rings. The molecule has 168 valence electrons. The number of nitrogens with zero attached hydrogens (tertiary/aromatic N) is 1. The summed E-state index contributed by atoms with van der Waals surface area (Å²) in [7, 11) is -4.03. The van der Waals surface area contributed by atoms with Gasteiger partial charge in [-0.05, 0) is 29.3 Å². The van der Waals surface area contributed by atoms with E-state index in [2.05, 4.69) is 14.9 Å². The van der Waals surface area contributed by atoms with Crippen LogP contribution in [0.15, 0.2) is 47.4 Å². The lowest BCUT2D eigenvalue weighted by Gasteiger charge is -2.26. The normalized spacial score (nSPS) is 15.0. The van der Waals surface area contributed by atoms with Crippen LogP contribution in [0.5, 0.6) is 0 Å². The monoisotopic (exact) mass is 453 g/mol. The lowest BCUT2D eigenvalue weighted by Crippen LogP contribution is -2.35. The third-order valence-corrected chi connectivity index (χ3v) is 6.30. The molecule has 0 radical (unpaired) electrons. The molecule has 10 heteroatoms. The Balaban J connectivity index is 1.43. The molecule has 1 amide bonds. The largest absolute Gasteiger partial charge is 0.379 e. The minimum Gasteiger partial charge on any atom is -0.379 e. The second-order valence-corrected chi connectivity index (χ2v) is 8.98. The Morgan fingerprint density at radius 1 is 1.03 bits per heavy atom. The van der Waals surface area contributed by atoms with Crippen LogP contribution in [0.4, 0.5) is 8.78 Å². The molecule has 0 aromatic heterocycles. The van der Waals surface area contributed by atoms with Crippen molar-refractivity contribution in [3.63, 3.8) is 0 Å². The molecule has 1 aliphatic heterocycles. The van der Waals surface area contributed by atoms with Gasteiger partial charge < -0.3 is 10.1 Å². The van der Waals surface area contributed by atoms with Gasteiger partial charge in [0.05, 0.1) is 18.1 Å². The number of morpholine rings is 1. The molecule has 0 saturated carbocycles. The van der Waals surface area contributed by atoms with Crippen molar-refractivity contribution in [1.82, 2.24) is 14.9 Å². The van der Waals surface area contributed by atoms with Crippen LogP contribution in [0.1, 0.15) is 17.5 Å². The molecule has 3 rings (SSSR count). The molecule has 1 aliphatic rings. The summed E-state index contributed by atoms with van der Waals surface area (Å²) < 4.78 is 58.0. The third-order valence-electron chi connectivity index (χ3n) is 4.84. The van der Waals surface area contributed by atoms with E-state index in [1.54, 1.807) is 0 Å². The fourth-order valence-corrected chi connectivity index (χ4v) is 4.21.